The highest BCUT2D eigenvalue weighted by Crippen LogP contribution is 2.18. The van der Waals surface area contributed by atoms with E-state index in [0.717, 1.165) is 34.3 Å². The van der Waals surface area contributed by atoms with Gasteiger partial charge in [0.2, 0.25) is 0 Å². The lowest BCUT2D eigenvalue weighted by Gasteiger charge is -2.07. The van der Waals surface area contributed by atoms with Gasteiger partial charge >= 0.3 is 0 Å². The van der Waals surface area contributed by atoms with Crippen molar-refractivity contribution < 1.29 is 4.74 Å². The fourth-order valence-electron chi connectivity index (χ4n) is 1.90. The maximum absolute atomic E-state index is 5.87. The summed E-state index contributed by atoms with van der Waals surface area (Å²) in [5, 5.41) is 0. The molecule has 0 atom stereocenters. The Kier molecular flexibility index (Phi) is 4.95. The second-order valence-electron chi connectivity index (χ2n) is 4.23. The molecular formula is C14H16IN3O. The first-order valence-corrected chi connectivity index (χ1v) is 7.16. The molecule has 0 aliphatic carbocycles. The van der Waals surface area contributed by atoms with E-state index in [1.54, 1.807) is 7.11 Å². The van der Waals surface area contributed by atoms with Gasteiger partial charge in [-0.25, -0.2) is 9.97 Å². The van der Waals surface area contributed by atoms with Crippen molar-refractivity contribution in [1.82, 2.24) is 9.97 Å². The van der Waals surface area contributed by atoms with E-state index in [0.29, 0.717) is 5.82 Å². The van der Waals surface area contributed by atoms with Crippen molar-refractivity contribution in [3.05, 3.63) is 45.4 Å². The fourth-order valence-corrected chi connectivity index (χ4v) is 2.57. The summed E-state index contributed by atoms with van der Waals surface area (Å²) in [5.74, 6) is 1.48. The average Bonchev–Trinajstić information content (AvgIpc) is 2.43. The summed E-state index contributed by atoms with van der Waals surface area (Å²) < 4.78 is 6.08. The molecule has 1 aromatic carbocycles. The summed E-state index contributed by atoms with van der Waals surface area (Å²) in [6.45, 7) is 0. The van der Waals surface area contributed by atoms with Crippen molar-refractivity contribution in [1.29, 1.82) is 0 Å². The van der Waals surface area contributed by atoms with Gasteiger partial charge in [0.15, 0.2) is 0 Å². The Balaban J connectivity index is 1.92. The topological polar surface area (TPSA) is 61.0 Å². The summed E-state index contributed by atoms with van der Waals surface area (Å²) >= 11 is 2.20. The first-order chi connectivity index (χ1) is 9.20. The Bertz CT molecular complexity index is 523. The number of halogens is 1. The quantitative estimate of drug-likeness (QED) is 0.651. The van der Waals surface area contributed by atoms with Crippen molar-refractivity contribution in [2.45, 2.75) is 19.3 Å². The first kappa shape index (κ1) is 14.0. The van der Waals surface area contributed by atoms with Crippen LogP contribution in [0.25, 0.3) is 0 Å². The van der Waals surface area contributed by atoms with Crippen LogP contribution in [-0.4, -0.2) is 17.1 Å². The van der Waals surface area contributed by atoms with Crippen molar-refractivity contribution in [3.63, 3.8) is 0 Å². The van der Waals surface area contributed by atoms with E-state index >= 15 is 0 Å². The summed E-state index contributed by atoms with van der Waals surface area (Å²) in [5.41, 5.74) is 8.22. The molecule has 0 bridgehead atoms. The normalized spacial score (nSPS) is 10.4. The van der Waals surface area contributed by atoms with Gasteiger partial charge < -0.3 is 10.5 Å². The van der Waals surface area contributed by atoms with Gasteiger partial charge in [0.1, 0.15) is 21.6 Å². The smallest absolute Gasteiger partial charge is 0.131 e. The van der Waals surface area contributed by atoms with Gasteiger partial charge in [-0.2, -0.15) is 0 Å². The number of aryl methyl sites for hydroxylation is 1. The number of ether oxygens (including phenoxy) is 1. The zero-order chi connectivity index (χ0) is 13.7. The van der Waals surface area contributed by atoms with Gasteiger partial charge in [-0.05, 0) is 59.5 Å². The van der Waals surface area contributed by atoms with Crippen molar-refractivity contribution >= 4 is 28.4 Å². The molecule has 0 amide bonds. The van der Waals surface area contributed by atoms with Crippen LogP contribution >= 0.6 is 22.6 Å². The molecule has 0 spiro atoms. The summed E-state index contributed by atoms with van der Waals surface area (Å²) in [7, 11) is 1.68. The van der Waals surface area contributed by atoms with E-state index in [4.69, 9.17) is 10.5 Å². The summed E-state index contributed by atoms with van der Waals surface area (Å²) in [4.78, 5) is 8.20. The van der Waals surface area contributed by atoms with Crippen LogP contribution in [0.1, 0.15) is 17.5 Å². The molecule has 0 fully saturated rings. The molecule has 1 heterocycles. The van der Waals surface area contributed by atoms with Crippen molar-refractivity contribution in [2.24, 2.45) is 0 Å². The number of rotatable bonds is 5. The summed E-state index contributed by atoms with van der Waals surface area (Å²) in [6.07, 6.45) is 4.44. The van der Waals surface area contributed by atoms with E-state index in [1.807, 2.05) is 12.1 Å². The van der Waals surface area contributed by atoms with Gasteiger partial charge in [0, 0.05) is 5.56 Å². The number of hydrogen-bond donors (Lipinski definition) is 1. The van der Waals surface area contributed by atoms with Gasteiger partial charge in [-0.15, -0.1) is 0 Å². The molecule has 5 heteroatoms. The highest BCUT2D eigenvalue weighted by Gasteiger charge is 2.06. The standard InChI is InChI=1S/C14H16IN3O/c1-19-11-7-5-10(6-8-11)3-2-4-12-13(15)17-9-18-14(12)16/h5-9H,2-4H2,1H3,(H2,16,17,18). The third-order valence-corrected chi connectivity index (χ3v) is 3.91. The van der Waals surface area contributed by atoms with Crippen molar-refractivity contribution in [3.8, 4) is 5.75 Å². The minimum atomic E-state index is 0.592. The van der Waals surface area contributed by atoms with Crippen LogP contribution in [0.4, 0.5) is 5.82 Å². The lowest BCUT2D eigenvalue weighted by molar-refractivity contribution is 0.414. The monoisotopic (exact) mass is 369 g/mol. The largest absolute Gasteiger partial charge is 0.497 e. The fraction of sp³-hybridized carbons (Fsp3) is 0.286. The maximum atomic E-state index is 5.87. The lowest BCUT2D eigenvalue weighted by atomic mass is 10.1. The van der Waals surface area contributed by atoms with Gasteiger partial charge in [-0.3, -0.25) is 0 Å². The van der Waals surface area contributed by atoms with Crippen LogP contribution in [0, 0.1) is 3.70 Å². The molecule has 0 aliphatic heterocycles. The highest BCUT2D eigenvalue weighted by atomic mass is 127. The van der Waals surface area contributed by atoms with Crippen LogP contribution in [-0.2, 0) is 12.8 Å². The average molecular weight is 369 g/mol. The molecule has 0 aliphatic rings. The zero-order valence-corrected chi connectivity index (χ0v) is 12.9. The van der Waals surface area contributed by atoms with Gasteiger partial charge in [0.05, 0.1) is 7.11 Å². The predicted molar refractivity (Wildman–Crippen MR) is 84.2 cm³/mol. The van der Waals surface area contributed by atoms with Crippen LogP contribution in [0.2, 0.25) is 0 Å². The number of benzene rings is 1. The molecule has 0 saturated carbocycles. The zero-order valence-electron chi connectivity index (χ0n) is 10.8. The number of nitrogen functional groups attached to an aromatic ring is 1. The predicted octanol–water partition coefficient (Wildman–Crippen LogP) is 2.85. The molecule has 2 aromatic rings. The number of anilines is 1. The minimum Gasteiger partial charge on any atom is -0.497 e. The second kappa shape index (κ2) is 6.70. The Morgan fingerprint density at radius 3 is 2.53 bits per heavy atom. The molecule has 100 valence electrons. The Morgan fingerprint density at radius 1 is 1.16 bits per heavy atom. The van der Waals surface area contributed by atoms with Crippen LogP contribution in [0.5, 0.6) is 5.75 Å². The molecule has 4 nitrogen and oxygen atoms in total. The second-order valence-corrected chi connectivity index (χ2v) is 5.25. The first-order valence-electron chi connectivity index (χ1n) is 6.08. The SMILES string of the molecule is COc1ccc(CCCc2c(N)ncnc2I)cc1. The summed E-state index contributed by atoms with van der Waals surface area (Å²) in [6, 6.07) is 8.15. The van der Waals surface area contributed by atoms with Crippen LogP contribution < -0.4 is 10.5 Å². The number of aromatic nitrogens is 2. The number of nitrogens with zero attached hydrogens (tertiary/aromatic N) is 2. The van der Waals surface area contributed by atoms with E-state index in [9.17, 15) is 0 Å². The lowest BCUT2D eigenvalue weighted by Crippen LogP contribution is -2.03. The van der Waals surface area contributed by atoms with Crippen molar-refractivity contribution in [2.75, 3.05) is 12.8 Å². The van der Waals surface area contributed by atoms with E-state index < -0.39 is 0 Å². The maximum Gasteiger partial charge on any atom is 0.131 e. The van der Waals surface area contributed by atoms with Crippen LogP contribution in [0.3, 0.4) is 0 Å². The molecule has 1 aromatic heterocycles. The van der Waals surface area contributed by atoms with E-state index in [-0.39, 0.29) is 0 Å². The molecule has 19 heavy (non-hydrogen) atoms. The number of methoxy groups -OCH3 is 1. The molecule has 0 saturated heterocycles. The van der Waals surface area contributed by atoms with E-state index in [2.05, 4.69) is 44.7 Å². The number of nitrogens with two attached hydrogens (primary N) is 1. The Morgan fingerprint density at radius 2 is 1.89 bits per heavy atom. The Hall–Kier alpha value is -1.37. The highest BCUT2D eigenvalue weighted by molar-refractivity contribution is 14.1. The number of hydrogen-bond acceptors (Lipinski definition) is 4. The molecule has 0 radical (unpaired) electrons. The minimum absolute atomic E-state index is 0.592. The Labute approximate surface area is 126 Å². The van der Waals surface area contributed by atoms with E-state index in [1.165, 1.54) is 11.9 Å². The molecule has 0 unspecified atom stereocenters. The third kappa shape index (κ3) is 3.79. The van der Waals surface area contributed by atoms with Gasteiger partial charge in [0.25, 0.3) is 0 Å². The van der Waals surface area contributed by atoms with Gasteiger partial charge in [-0.1, -0.05) is 12.1 Å². The molecule has 2 rings (SSSR count). The molecule has 2 N–H and O–H groups in total. The van der Waals surface area contributed by atoms with Crippen LogP contribution in [0.15, 0.2) is 30.6 Å². The molecular weight excluding hydrogens is 353 g/mol. The third-order valence-electron chi connectivity index (χ3n) is 2.98.